The predicted molar refractivity (Wildman–Crippen MR) is 116 cm³/mol. The van der Waals surface area contributed by atoms with Crippen LogP contribution in [0.25, 0.3) is 0 Å². The fourth-order valence-corrected chi connectivity index (χ4v) is 3.80. The molecule has 1 fully saturated rings. The van der Waals surface area contributed by atoms with Crippen LogP contribution in [0.3, 0.4) is 0 Å². The Balaban J connectivity index is 1.45. The lowest BCUT2D eigenvalue weighted by atomic mass is 10.1. The minimum absolute atomic E-state index is 0.242. The second kappa shape index (κ2) is 8.83. The number of halogens is 1. The van der Waals surface area contributed by atoms with E-state index in [1.807, 2.05) is 6.92 Å². The molecule has 2 heterocycles. The van der Waals surface area contributed by atoms with Gasteiger partial charge in [-0.1, -0.05) is 16.8 Å². The van der Waals surface area contributed by atoms with Gasteiger partial charge >= 0.3 is 0 Å². The Bertz CT molecular complexity index is 1090. The standard InChI is InChI=1S/C21H20ClN5O5/c1-3-32-14-7-4-12(5-8-14)23-17(28)11-26-19-18(24-25-26)20(29)27(21(19)30)13-6-9-16(31-2)15(22)10-13/h4-10,18-19H,3,11H2,1-2H3,(H,23,28)/t18-,19-/m0/s1. The highest BCUT2D eigenvalue weighted by Crippen LogP contribution is 2.35. The maximum absolute atomic E-state index is 13.0. The smallest absolute Gasteiger partial charge is 0.263 e. The highest BCUT2D eigenvalue weighted by molar-refractivity contribution is 6.33. The summed E-state index contributed by atoms with van der Waals surface area (Å²) in [6, 6.07) is 9.47. The zero-order chi connectivity index (χ0) is 22.8. The number of benzene rings is 2. The first-order chi connectivity index (χ1) is 15.4. The van der Waals surface area contributed by atoms with Gasteiger partial charge in [-0.25, -0.2) is 4.90 Å². The molecule has 0 aromatic heterocycles. The van der Waals surface area contributed by atoms with E-state index in [4.69, 9.17) is 21.1 Å². The van der Waals surface area contributed by atoms with Crippen LogP contribution in [0.1, 0.15) is 6.92 Å². The Kier molecular flexibility index (Phi) is 5.95. The zero-order valence-corrected chi connectivity index (χ0v) is 18.1. The van der Waals surface area contributed by atoms with Crippen LogP contribution < -0.4 is 19.7 Å². The minimum atomic E-state index is -1.01. The first kappa shape index (κ1) is 21.6. The molecule has 0 bridgehead atoms. The molecule has 0 aliphatic carbocycles. The van der Waals surface area contributed by atoms with Crippen molar-refractivity contribution in [1.82, 2.24) is 5.01 Å². The van der Waals surface area contributed by atoms with Crippen molar-refractivity contribution in [2.24, 2.45) is 10.3 Å². The number of nitrogens with one attached hydrogen (secondary N) is 1. The molecule has 0 spiro atoms. The molecule has 2 aromatic carbocycles. The number of fused-ring (bicyclic) bond motifs is 1. The summed E-state index contributed by atoms with van der Waals surface area (Å²) in [7, 11) is 1.47. The summed E-state index contributed by atoms with van der Waals surface area (Å²) in [6.07, 6.45) is 0. The van der Waals surface area contributed by atoms with Crippen molar-refractivity contribution in [2.75, 3.05) is 30.5 Å². The molecular weight excluding hydrogens is 438 g/mol. The SMILES string of the molecule is CCOc1ccc(NC(=O)CN2N=N[C@@H]3C(=O)N(c4ccc(OC)c(Cl)c4)C(=O)[C@H]32)cc1. The van der Waals surface area contributed by atoms with Crippen LogP contribution in [0.15, 0.2) is 52.8 Å². The van der Waals surface area contributed by atoms with Crippen LogP contribution in [-0.4, -0.2) is 55.1 Å². The normalized spacial score (nSPS) is 19.3. The molecule has 10 nitrogen and oxygen atoms in total. The number of amides is 3. The number of nitrogens with zero attached hydrogens (tertiary/aromatic N) is 4. The summed E-state index contributed by atoms with van der Waals surface area (Å²) in [6.45, 7) is 2.18. The molecule has 11 heteroatoms. The summed E-state index contributed by atoms with van der Waals surface area (Å²) in [5.74, 6) is -0.350. The molecule has 0 unspecified atom stereocenters. The summed E-state index contributed by atoms with van der Waals surface area (Å²) in [5.41, 5.74) is 0.864. The average molecular weight is 458 g/mol. The van der Waals surface area contributed by atoms with Gasteiger partial charge in [0.1, 0.15) is 18.0 Å². The summed E-state index contributed by atoms with van der Waals surface area (Å²) in [4.78, 5) is 39.4. The van der Waals surface area contributed by atoms with E-state index in [2.05, 4.69) is 15.7 Å². The molecular formula is C21H20ClN5O5. The number of hydrogen-bond acceptors (Lipinski definition) is 8. The lowest BCUT2D eigenvalue weighted by molar-refractivity contribution is -0.123. The van der Waals surface area contributed by atoms with Gasteiger partial charge in [-0.3, -0.25) is 19.4 Å². The van der Waals surface area contributed by atoms with Crippen LogP contribution in [0.5, 0.6) is 11.5 Å². The van der Waals surface area contributed by atoms with Crippen molar-refractivity contribution in [1.29, 1.82) is 0 Å². The first-order valence-electron chi connectivity index (χ1n) is 9.84. The number of carbonyl (C=O) groups is 3. The van der Waals surface area contributed by atoms with Gasteiger partial charge in [-0.15, -0.1) is 0 Å². The number of imide groups is 1. The summed E-state index contributed by atoms with van der Waals surface area (Å²) < 4.78 is 10.5. The molecule has 0 radical (unpaired) electrons. The van der Waals surface area contributed by atoms with E-state index in [0.29, 0.717) is 29.5 Å². The topological polar surface area (TPSA) is 113 Å². The second-order valence-electron chi connectivity index (χ2n) is 7.03. The average Bonchev–Trinajstić information content (AvgIpc) is 3.29. The quantitative estimate of drug-likeness (QED) is 0.639. The molecule has 2 aliphatic rings. The molecule has 4 rings (SSSR count). The van der Waals surface area contributed by atoms with Crippen LogP contribution in [0.2, 0.25) is 5.02 Å². The van der Waals surface area contributed by atoms with Crippen molar-refractivity contribution < 1.29 is 23.9 Å². The van der Waals surface area contributed by atoms with E-state index >= 15 is 0 Å². The van der Waals surface area contributed by atoms with E-state index in [-0.39, 0.29) is 11.6 Å². The second-order valence-corrected chi connectivity index (χ2v) is 7.44. The highest BCUT2D eigenvalue weighted by Gasteiger charge is 2.55. The molecule has 2 aromatic rings. The Hall–Kier alpha value is -3.66. The molecule has 2 aliphatic heterocycles. The Labute approximate surface area is 188 Å². The predicted octanol–water partition coefficient (Wildman–Crippen LogP) is 2.68. The third-order valence-electron chi connectivity index (χ3n) is 5.01. The monoisotopic (exact) mass is 457 g/mol. The zero-order valence-electron chi connectivity index (χ0n) is 17.3. The van der Waals surface area contributed by atoms with E-state index in [0.717, 1.165) is 4.90 Å². The maximum atomic E-state index is 13.0. The van der Waals surface area contributed by atoms with E-state index in [1.54, 1.807) is 36.4 Å². The Morgan fingerprint density at radius 3 is 2.56 bits per heavy atom. The molecule has 32 heavy (non-hydrogen) atoms. The highest BCUT2D eigenvalue weighted by atomic mass is 35.5. The van der Waals surface area contributed by atoms with Crippen LogP contribution >= 0.6 is 11.6 Å². The van der Waals surface area contributed by atoms with Gasteiger partial charge in [0.05, 0.1) is 24.4 Å². The van der Waals surface area contributed by atoms with E-state index in [1.165, 1.54) is 18.2 Å². The maximum Gasteiger partial charge on any atom is 0.263 e. The summed E-state index contributed by atoms with van der Waals surface area (Å²) >= 11 is 6.14. The number of hydrogen-bond donors (Lipinski definition) is 1. The third kappa shape index (κ3) is 3.96. The van der Waals surface area contributed by atoms with Gasteiger partial charge in [-0.05, 0) is 49.4 Å². The van der Waals surface area contributed by atoms with Gasteiger partial charge < -0.3 is 14.8 Å². The van der Waals surface area contributed by atoms with E-state index < -0.39 is 29.8 Å². The largest absolute Gasteiger partial charge is 0.495 e. The van der Waals surface area contributed by atoms with Crippen molar-refractivity contribution in [3.63, 3.8) is 0 Å². The molecule has 1 saturated heterocycles. The molecule has 166 valence electrons. The lowest BCUT2D eigenvalue weighted by Gasteiger charge is -2.20. The van der Waals surface area contributed by atoms with Gasteiger partial charge in [-0.2, -0.15) is 5.11 Å². The molecule has 0 saturated carbocycles. The lowest BCUT2D eigenvalue weighted by Crippen LogP contribution is -2.43. The van der Waals surface area contributed by atoms with Gasteiger partial charge in [0.2, 0.25) is 5.91 Å². The van der Waals surface area contributed by atoms with Crippen molar-refractivity contribution in [3.05, 3.63) is 47.5 Å². The van der Waals surface area contributed by atoms with Crippen LogP contribution in [-0.2, 0) is 14.4 Å². The molecule has 3 amide bonds. The fourth-order valence-electron chi connectivity index (χ4n) is 3.55. The fraction of sp³-hybridized carbons (Fsp3) is 0.286. The van der Waals surface area contributed by atoms with Gasteiger partial charge in [0, 0.05) is 5.69 Å². The van der Waals surface area contributed by atoms with Gasteiger partial charge in [0.15, 0.2) is 12.1 Å². The van der Waals surface area contributed by atoms with Crippen LogP contribution in [0.4, 0.5) is 11.4 Å². The Morgan fingerprint density at radius 1 is 1.16 bits per heavy atom. The number of methoxy groups -OCH3 is 1. The van der Waals surface area contributed by atoms with Crippen molar-refractivity contribution in [2.45, 2.75) is 19.0 Å². The van der Waals surface area contributed by atoms with Crippen LogP contribution in [0, 0.1) is 0 Å². The van der Waals surface area contributed by atoms with E-state index in [9.17, 15) is 14.4 Å². The van der Waals surface area contributed by atoms with Gasteiger partial charge in [0.25, 0.3) is 11.8 Å². The number of rotatable bonds is 7. The number of anilines is 2. The minimum Gasteiger partial charge on any atom is -0.495 e. The summed E-state index contributed by atoms with van der Waals surface area (Å²) in [5, 5.41) is 12.0. The van der Waals surface area contributed by atoms with Crippen molar-refractivity contribution in [3.8, 4) is 11.5 Å². The third-order valence-corrected chi connectivity index (χ3v) is 5.30. The number of ether oxygens (including phenoxy) is 2. The molecule has 1 N–H and O–H groups in total. The Morgan fingerprint density at radius 2 is 1.91 bits per heavy atom. The van der Waals surface area contributed by atoms with Crippen molar-refractivity contribution >= 4 is 40.7 Å². The first-order valence-corrected chi connectivity index (χ1v) is 10.2. The molecule has 2 atom stereocenters. The number of carbonyl (C=O) groups excluding carboxylic acids is 3.